The van der Waals surface area contributed by atoms with Crippen molar-refractivity contribution in [3.8, 4) is 39.7 Å². The van der Waals surface area contributed by atoms with E-state index in [2.05, 4.69) is 37.6 Å². The Morgan fingerprint density at radius 2 is 1.69 bits per heavy atom. The van der Waals surface area contributed by atoms with E-state index in [1.807, 2.05) is 67.1 Å². The zero-order valence-corrected chi connectivity index (χ0v) is 19.5. The van der Waals surface area contributed by atoms with E-state index in [9.17, 15) is 4.79 Å². The molecule has 0 aliphatic heterocycles. The zero-order chi connectivity index (χ0) is 24.2. The van der Waals surface area contributed by atoms with E-state index in [1.54, 1.807) is 4.68 Å². The first-order valence-electron chi connectivity index (χ1n) is 11.7. The van der Waals surface area contributed by atoms with Gasteiger partial charge in [-0.25, -0.2) is 9.97 Å². The summed E-state index contributed by atoms with van der Waals surface area (Å²) in [5, 5.41) is 20.1. The summed E-state index contributed by atoms with van der Waals surface area (Å²) in [6.07, 6.45) is 14.7. The van der Waals surface area contributed by atoms with Gasteiger partial charge >= 0.3 is 0 Å². The van der Waals surface area contributed by atoms with Gasteiger partial charge in [0, 0.05) is 60.0 Å². The Morgan fingerprint density at radius 3 is 2.40 bits per heavy atom. The van der Waals surface area contributed by atoms with Crippen LogP contribution in [0.4, 0.5) is 0 Å². The largest absolute Gasteiger partial charge is 0.343 e. The second kappa shape index (κ2) is 9.89. The van der Waals surface area contributed by atoms with Gasteiger partial charge in [0.25, 0.3) is 0 Å². The predicted molar refractivity (Wildman–Crippen MR) is 131 cm³/mol. The van der Waals surface area contributed by atoms with Crippen LogP contribution in [0, 0.1) is 17.2 Å². The van der Waals surface area contributed by atoms with Crippen LogP contribution < -0.4 is 5.32 Å². The molecule has 5 rings (SSSR count). The molecule has 176 valence electrons. The van der Waals surface area contributed by atoms with E-state index in [1.165, 1.54) is 0 Å². The number of nitriles is 1. The normalized spacial score (nSPS) is 17.6. The summed E-state index contributed by atoms with van der Waals surface area (Å²) in [6, 6.07) is 10.3. The number of hydrogen-bond donors (Lipinski definition) is 1. The average molecular weight is 467 g/mol. The van der Waals surface area contributed by atoms with Crippen LogP contribution in [-0.2, 0) is 11.8 Å². The third kappa shape index (κ3) is 4.96. The Balaban J connectivity index is 1.25. The highest BCUT2D eigenvalue weighted by Crippen LogP contribution is 2.33. The standard InChI is InChI=1S/C26H26N8O/c1-33-16-22(14-31-33)19-3-2-4-20(11-19)25-29-12-21(13-30-25)23-15-32-34(17-23)24-7-5-18(6-8-24)26(35)28-10-9-27/h2-4,11-18,24H,5-8,10H2,1H3,(H,28,35)/t18-,24-. The van der Waals surface area contributed by atoms with E-state index in [0.717, 1.165) is 53.5 Å². The molecule has 0 bridgehead atoms. The van der Waals surface area contributed by atoms with Crippen LogP contribution >= 0.6 is 0 Å². The maximum atomic E-state index is 12.1. The zero-order valence-electron chi connectivity index (χ0n) is 19.5. The van der Waals surface area contributed by atoms with Crippen molar-refractivity contribution in [2.24, 2.45) is 13.0 Å². The number of nitrogens with zero attached hydrogens (tertiary/aromatic N) is 7. The van der Waals surface area contributed by atoms with Gasteiger partial charge in [0.1, 0.15) is 6.54 Å². The van der Waals surface area contributed by atoms with Gasteiger partial charge < -0.3 is 5.32 Å². The topological polar surface area (TPSA) is 114 Å². The summed E-state index contributed by atoms with van der Waals surface area (Å²) in [7, 11) is 1.90. The van der Waals surface area contributed by atoms with Gasteiger partial charge in [-0.1, -0.05) is 18.2 Å². The fourth-order valence-electron chi connectivity index (χ4n) is 4.59. The molecule has 9 heteroatoms. The van der Waals surface area contributed by atoms with Crippen molar-refractivity contribution in [1.29, 1.82) is 5.26 Å². The van der Waals surface area contributed by atoms with Crippen molar-refractivity contribution in [3.05, 3.63) is 61.4 Å². The SMILES string of the molecule is Cn1cc(-c2cccc(-c3ncc(-c4cnn([C@H]5CC[C@H](C(=O)NCC#N)CC5)c4)cn3)c2)cn1. The maximum absolute atomic E-state index is 12.1. The molecule has 3 heterocycles. The highest BCUT2D eigenvalue weighted by atomic mass is 16.1. The van der Waals surface area contributed by atoms with Crippen molar-refractivity contribution in [2.75, 3.05) is 6.54 Å². The maximum Gasteiger partial charge on any atom is 0.223 e. The van der Waals surface area contributed by atoms with Crippen LogP contribution in [0.2, 0.25) is 0 Å². The first kappa shape index (κ1) is 22.5. The number of rotatable bonds is 6. The van der Waals surface area contributed by atoms with Gasteiger partial charge in [-0.15, -0.1) is 0 Å². The molecule has 0 unspecified atom stereocenters. The van der Waals surface area contributed by atoms with Gasteiger partial charge in [-0.2, -0.15) is 15.5 Å². The number of aryl methyl sites for hydroxylation is 1. The van der Waals surface area contributed by atoms with Crippen LogP contribution in [0.3, 0.4) is 0 Å². The smallest absolute Gasteiger partial charge is 0.223 e. The highest BCUT2D eigenvalue weighted by molar-refractivity contribution is 5.78. The molecule has 1 amide bonds. The molecule has 3 aromatic heterocycles. The minimum atomic E-state index is -0.0211. The molecule has 0 radical (unpaired) electrons. The number of aromatic nitrogens is 6. The second-order valence-corrected chi connectivity index (χ2v) is 8.87. The fraction of sp³-hybridized carbons (Fsp3) is 0.308. The van der Waals surface area contributed by atoms with Gasteiger partial charge in [-0.05, 0) is 37.3 Å². The molecular weight excluding hydrogens is 440 g/mol. The molecule has 4 aromatic rings. The Bertz CT molecular complexity index is 1360. The molecule has 1 aromatic carbocycles. The molecule has 1 aliphatic rings. The van der Waals surface area contributed by atoms with E-state index in [-0.39, 0.29) is 24.4 Å². The summed E-state index contributed by atoms with van der Waals surface area (Å²) >= 11 is 0. The number of carbonyl (C=O) groups is 1. The second-order valence-electron chi connectivity index (χ2n) is 8.87. The Morgan fingerprint density at radius 1 is 0.971 bits per heavy atom. The first-order valence-corrected chi connectivity index (χ1v) is 11.7. The summed E-state index contributed by atoms with van der Waals surface area (Å²) in [6.45, 7) is 0.0675. The van der Waals surface area contributed by atoms with Crippen LogP contribution in [0.1, 0.15) is 31.7 Å². The van der Waals surface area contributed by atoms with E-state index in [0.29, 0.717) is 5.82 Å². The molecule has 1 fully saturated rings. The van der Waals surface area contributed by atoms with Crippen LogP contribution in [0.25, 0.3) is 33.6 Å². The minimum Gasteiger partial charge on any atom is -0.343 e. The summed E-state index contributed by atoms with van der Waals surface area (Å²) < 4.78 is 3.77. The van der Waals surface area contributed by atoms with Gasteiger partial charge in [0.15, 0.2) is 5.82 Å². The Hall–Kier alpha value is -4.32. The Kier molecular flexibility index (Phi) is 6.35. The van der Waals surface area contributed by atoms with Gasteiger partial charge in [0.05, 0.1) is 24.5 Å². The van der Waals surface area contributed by atoms with Crippen molar-refractivity contribution >= 4 is 5.91 Å². The third-order valence-corrected chi connectivity index (χ3v) is 6.53. The third-order valence-electron chi connectivity index (χ3n) is 6.53. The van der Waals surface area contributed by atoms with Gasteiger partial charge in [-0.3, -0.25) is 14.2 Å². The van der Waals surface area contributed by atoms with E-state index >= 15 is 0 Å². The lowest BCUT2D eigenvalue weighted by molar-refractivity contribution is -0.125. The highest BCUT2D eigenvalue weighted by Gasteiger charge is 2.27. The molecule has 0 saturated heterocycles. The Labute approximate surface area is 203 Å². The van der Waals surface area contributed by atoms with Crippen LogP contribution in [-0.4, -0.2) is 42.0 Å². The van der Waals surface area contributed by atoms with Crippen LogP contribution in [0.15, 0.2) is 61.4 Å². The molecule has 1 saturated carbocycles. The summed E-state index contributed by atoms with van der Waals surface area (Å²) in [4.78, 5) is 21.3. The number of benzene rings is 1. The molecule has 0 atom stereocenters. The molecule has 35 heavy (non-hydrogen) atoms. The van der Waals surface area contributed by atoms with Gasteiger partial charge in [0.2, 0.25) is 5.91 Å². The lowest BCUT2D eigenvalue weighted by Crippen LogP contribution is -2.33. The average Bonchev–Trinajstić information content (AvgIpc) is 3.57. The monoisotopic (exact) mass is 466 g/mol. The van der Waals surface area contributed by atoms with Crippen molar-refractivity contribution in [2.45, 2.75) is 31.7 Å². The lowest BCUT2D eigenvalue weighted by atomic mass is 9.85. The number of amides is 1. The fourth-order valence-corrected chi connectivity index (χ4v) is 4.59. The van der Waals surface area contributed by atoms with E-state index < -0.39 is 0 Å². The molecule has 0 spiro atoms. The molecule has 1 N–H and O–H groups in total. The van der Waals surface area contributed by atoms with Crippen LogP contribution in [0.5, 0.6) is 0 Å². The van der Waals surface area contributed by atoms with E-state index in [4.69, 9.17) is 5.26 Å². The summed E-state index contributed by atoms with van der Waals surface area (Å²) in [5.74, 6) is 0.626. The number of carbonyl (C=O) groups excluding carboxylic acids is 1. The minimum absolute atomic E-state index is 0.0191. The molecule has 9 nitrogen and oxygen atoms in total. The molecule has 1 aliphatic carbocycles. The summed E-state index contributed by atoms with van der Waals surface area (Å²) in [5.41, 5.74) is 4.95. The quantitative estimate of drug-likeness (QED) is 0.433. The molecular formula is C26H26N8O. The van der Waals surface area contributed by atoms with Crippen molar-refractivity contribution in [3.63, 3.8) is 0 Å². The number of nitrogens with one attached hydrogen (secondary N) is 1. The lowest BCUT2D eigenvalue weighted by Gasteiger charge is -2.27. The predicted octanol–water partition coefficient (Wildman–Crippen LogP) is 3.78. The van der Waals surface area contributed by atoms with Crippen molar-refractivity contribution < 1.29 is 4.79 Å². The number of hydrogen-bond acceptors (Lipinski definition) is 6. The first-order chi connectivity index (χ1) is 17.1. The van der Waals surface area contributed by atoms with Crippen molar-refractivity contribution in [1.82, 2.24) is 34.8 Å².